The third kappa shape index (κ3) is 4.63. The van der Waals surface area contributed by atoms with Crippen LogP contribution in [0.1, 0.15) is 41.5 Å². The normalized spacial score (nSPS) is 16.2. The van der Waals surface area contributed by atoms with Crippen molar-refractivity contribution in [2.45, 2.75) is 33.6 Å². The van der Waals surface area contributed by atoms with Gasteiger partial charge in [0.15, 0.2) is 11.6 Å². The monoisotopic (exact) mass is 418 g/mol. The van der Waals surface area contributed by atoms with Gasteiger partial charge in [0.2, 0.25) is 5.91 Å². The molecule has 0 spiro atoms. The molecule has 4 rings (SSSR count). The zero-order valence-electron chi connectivity index (χ0n) is 18.0. The molecule has 1 amide bonds. The summed E-state index contributed by atoms with van der Waals surface area (Å²) in [6.45, 7) is 6.86. The van der Waals surface area contributed by atoms with Gasteiger partial charge in [-0.3, -0.25) is 9.59 Å². The minimum atomic E-state index is -0.165. The maximum Gasteiger partial charge on any atom is 0.229 e. The van der Waals surface area contributed by atoms with Crippen LogP contribution in [0.25, 0.3) is 5.82 Å². The topological polar surface area (TPSA) is 93.0 Å². The fraction of sp³-hybridized carbons (Fsp3) is 0.348. The summed E-state index contributed by atoms with van der Waals surface area (Å²) in [5, 5.41) is 7.46. The maximum absolute atomic E-state index is 12.9. The average Bonchev–Trinajstić information content (AvgIpc) is 3.12. The van der Waals surface area contributed by atoms with Crippen LogP contribution < -0.4 is 10.2 Å². The fourth-order valence-corrected chi connectivity index (χ4v) is 3.95. The van der Waals surface area contributed by atoms with Gasteiger partial charge in [0, 0.05) is 36.1 Å². The van der Waals surface area contributed by atoms with Gasteiger partial charge in [0.1, 0.15) is 12.1 Å². The molecule has 0 bridgehead atoms. The predicted octanol–water partition coefficient (Wildman–Crippen LogP) is 3.34. The summed E-state index contributed by atoms with van der Waals surface area (Å²) in [4.78, 5) is 35.4. The molecule has 160 valence electrons. The number of aryl methyl sites for hydroxylation is 2. The molecule has 1 aliphatic heterocycles. The second-order valence-electron chi connectivity index (χ2n) is 7.98. The Labute approximate surface area is 181 Å². The van der Waals surface area contributed by atoms with E-state index in [-0.39, 0.29) is 17.6 Å². The number of carbonyl (C=O) groups is 2. The number of rotatable bonds is 5. The Kier molecular flexibility index (Phi) is 5.79. The van der Waals surface area contributed by atoms with Crippen molar-refractivity contribution in [3.8, 4) is 5.82 Å². The number of benzene rings is 1. The number of nitrogens with one attached hydrogen (secondary N) is 1. The standard InChI is InChI=1S/C23H26N6O2/c1-15-10-16(2)29(27-15)22-12-21(24-14-25-22)28-9-5-7-19(13-28)23(31)26-20-8-4-6-18(11-20)17(3)30/h4,6,8,10-12,14,19H,5,7,9,13H2,1-3H3,(H,26,31)/t19-/m0/s1. The van der Waals surface area contributed by atoms with Crippen LogP contribution in [0.5, 0.6) is 0 Å². The lowest BCUT2D eigenvalue weighted by Gasteiger charge is -2.33. The van der Waals surface area contributed by atoms with E-state index in [9.17, 15) is 9.59 Å². The van der Waals surface area contributed by atoms with Crippen molar-refractivity contribution in [2.24, 2.45) is 5.92 Å². The number of amides is 1. The molecule has 8 nitrogen and oxygen atoms in total. The zero-order chi connectivity index (χ0) is 22.0. The number of carbonyl (C=O) groups excluding carboxylic acids is 2. The largest absolute Gasteiger partial charge is 0.356 e. The third-order valence-electron chi connectivity index (χ3n) is 5.52. The van der Waals surface area contributed by atoms with Crippen LogP contribution in [0.3, 0.4) is 0 Å². The molecule has 0 radical (unpaired) electrons. The van der Waals surface area contributed by atoms with E-state index < -0.39 is 0 Å². The minimum Gasteiger partial charge on any atom is -0.356 e. The van der Waals surface area contributed by atoms with Crippen LogP contribution in [0.2, 0.25) is 0 Å². The molecule has 2 aromatic heterocycles. The van der Waals surface area contributed by atoms with Crippen LogP contribution in [-0.2, 0) is 4.79 Å². The summed E-state index contributed by atoms with van der Waals surface area (Å²) in [5.41, 5.74) is 3.16. The highest BCUT2D eigenvalue weighted by Crippen LogP contribution is 2.24. The summed E-state index contributed by atoms with van der Waals surface area (Å²) in [6.07, 6.45) is 3.24. The Hall–Kier alpha value is -3.55. The molecule has 0 aliphatic carbocycles. The Morgan fingerprint density at radius 2 is 1.90 bits per heavy atom. The highest BCUT2D eigenvalue weighted by atomic mass is 16.2. The van der Waals surface area contributed by atoms with Gasteiger partial charge < -0.3 is 10.2 Å². The summed E-state index contributed by atoms with van der Waals surface area (Å²) < 4.78 is 1.80. The first-order valence-electron chi connectivity index (χ1n) is 10.4. The van der Waals surface area contributed by atoms with Crippen LogP contribution in [-0.4, -0.2) is 44.5 Å². The van der Waals surface area contributed by atoms with Crippen LogP contribution in [0.4, 0.5) is 11.5 Å². The number of piperidine rings is 1. The molecule has 1 aromatic carbocycles. The molecule has 3 aromatic rings. The van der Waals surface area contributed by atoms with Crippen molar-refractivity contribution in [1.29, 1.82) is 0 Å². The zero-order valence-corrected chi connectivity index (χ0v) is 18.0. The van der Waals surface area contributed by atoms with Crippen LogP contribution in [0, 0.1) is 19.8 Å². The van der Waals surface area contributed by atoms with Crippen molar-refractivity contribution >= 4 is 23.2 Å². The fourth-order valence-electron chi connectivity index (χ4n) is 3.95. The first-order chi connectivity index (χ1) is 14.9. The van der Waals surface area contributed by atoms with Crippen molar-refractivity contribution < 1.29 is 9.59 Å². The molecular formula is C23H26N6O2. The number of aromatic nitrogens is 4. The molecule has 0 unspecified atom stereocenters. The molecule has 8 heteroatoms. The van der Waals surface area contributed by atoms with Gasteiger partial charge in [0.25, 0.3) is 0 Å². The lowest BCUT2D eigenvalue weighted by atomic mass is 9.97. The van der Waals surface area contributed by atoms with Crippen molar-refractivity contribution in [3.05, 3.63) is 59.7 Å². The lowest BCUT2D eigenvalue weighted by molar-refractivity contribution is -0.120. The predicted molar refractivity (Wildman–Crippen MR) is 119 cm³/mol. The molecule has 31 heavy (non-hydrogen) atoms. The van der Waals surface area contributed by atoms with E-state index in [0.29, 0.717) is 23.6 Å². The van der Waals surface area contributed by atoms with Crippen LogP contribution in [0.15, 0.2) is 42.7 Å². The van der Waals surface area contributed by atoms with Gasteiger partial charge in [-0.1, -0.05) is 12.1 Å². The molecule has 0 saturated carbocycles. The van der Waals surface area contributed by atoms with E-state index in [1.165, 1.54) is 13.3 Å². The Balaban J connectivity index is 1.48. The number of ketones is 1. The Morgan fingerprint density at radius 3 is 2.65 bits per heavy atom. The van der Waals surface area contributed by atoms with Gasteiger partial charge in [0.05, 0.1) is 11.6 Å². The first-order valence-corrected chi connectivity index (χ1v) is 10.4. The second-order valence-corrected chi connectivity index (χ2v) is 7.98. The number of nitrogens with zero attached hydrogens (tertiary/aromatic N) is 5. The van der Waals surface area contributed by atoms with E-state index in [1.807, 2.05) is 26.0 Å². The van der Waals surface area contributed by atoms with Gasteiger partial charge in [-0.15, -0.1) is 0 Å². The van der Waals surface area contributed by atoms with E-state index in [2.05, 4.69) is 25.3 Å². The maximum atomic E-state index is 12.9. The summed E-state index contributed by atoms with van der Waals surface area (Å²) in [7, 11) is 0. The Bertz CT molecular complexity index is 1120. The molecule has 1 aliphatic rings. The van der Waals surface area contributed by atoms with Gasteiger partial charge in [-0.25, -0.2) is 14.6 Å². The smallest absolute Gasteiger partial charge is 0.229 e. The van der Waals surface area contributed by atoms with Crippen molar-refractivity contribution in [2.75, 3.05) is 23.3 Å². The Morgan fingerprint density at radius 1 is 1.10 bits per heavy atom. The van der Waals surface area contributed by atoms with E-state index in [1.54, 1.807) is 28.9 Å². The highest BCUT2D eigenvalue weighted by molar-refractivity contribution is 5.97. The number of hydrogen-bond donors (Lipinski definition) is 1. The average molecular weight is 419 g/mol. The SMILES string of the molecule is CC(=O)c1cccc(NC(=O)[C@H]2CCCN(c3cc(-n4nc(C)cc4C)ncn3)C2)c1. The number of hydrogen-bond acceptors (Lipinski definition) is 6. The third-order valence-corrected chi connectivity index (χ3v) is 5.52. The number of anilines is 2. The first kappa shape index (κ1) is 20.7. The van der Waals surface area contributed by atoms with Crippen molar-refractivity contribution in [3.63, 3.8) is 0 Å². The van der Waals surface area contributed by atoms with Crippen LogP contribution >= 0.6 is 0 Å². The van der Waals surface area contributed by atoms with Crippen molar-refractivity contribution in [1.82, 2.24) is 19.7 Å². The molecule has 1 atom stereocenters. The number of Topliss-reactive ketones (excluding diaryl/α,β-unsaturated/α-hetero) is 1. The quantitative estimate of drug-likeness (QED) is 0.639. The van der Waals surface area contributed by atoms with Gasteiger partial charge >= 0.3 is 0 Å². The van der Waals surface area contributed by atoms with Gasteiger partial charge in [-0.2, -0.15) is 5.10 Å². The molecule has 3 heterocycles. The highest BCUT2D eigenvalue weighted by Gasteiger charge is 2.27. The summed E-state index contributed by atoms with van der Waals surface area (Å²) >= 11 is 0. The van der Waals surface area contributed by atoms with E-state index in [4.69, 9.17) is 0 Å². The van der Waals surface area contributed by atoms with E-state index >= 15 is 0 Å². The summed E-state index contributed by atoms with van der Waals surface area (Å²) in [5.74, 6) is 1.26. The lowest BCUT2D eigenvalue weighted by Crippen LogP contribution is -2.41. The summed E-state index contributed by atoms with van der Waals surface area (Å²) in [6, 6.07) is 11.0. The molecule has 1 fully saturated rings. The molecule has 1 saturated heterocycles. The van der Waals surface area contributed by atoms with Gasteiger partial charge in [-0.05, 0) is 51.8 Å². The molecular weight excluding hydrogens is 392 g/mol. The minimum absolute atomic E-state index is 0.0258. The second kappa shape index (κ2) is 8.67. The molecule has 1 N–H and O–H groups in total. The van der Waals surface area contributed by atoms with E-state index in [0.717, 1.165) is 36.6 Å².